The summed E-state index contributed by atoms with van der Waals surface area (Å²) in [6, 6.07) is 0. The summed E-state index contributed by atoms with van der Waals surface area (Å²) in [5.41, 5.74) is 0.204. The highest BCUT2D eigenvalue weighted by molar-refractivity contribution is 5.78. The maximum absolute atomic E-state index is 12.1. The van der Waals surface area contributed by atoms with Crippen molar-refractivity contribution in [2.45, 2.75) is 45.6 Å². The highest BCUT2D eigenvalue weighted by Crippen LogP contribution is 2.17. The van der Waals surface area contributed by atoms with Gasteiger partial charge in [0.15, 0.2) is 0 Å². The van der Waals surface area contributed by atoms with Crippen LogP contribution in [0.1, 0.15) is 40.0 Å². The number of piperidine rings is 1. The molecule has 0 aliphatic carbocycles. The van der Waals surface area contributed by atoms with Crippen molar-refractivity contribution in [3.05, 3.63) is 0 Å². The van der Waals surface area contributed by atoms with E-state index in [1.807, 2.05) is 23.9 Å². The zero-order valence-electron chi connectivity index (χ0n) is 13.3. The summed E-state index contributed by atoms with van der Waals surface area (Å²) in [5.74, 6) is 0.870. The van der Waals surface area contributed by atoms with E-state index in [2.05, 4.69) is 26.1 Å². The van der Waals surface area contributed by atoms with Crippen LogP contribution in [0.2, 0.25) is 0 Å². The number of hydrogen-bond donors (Lipinski definition) is 1. The summed E-state index contributed by atoms with van der Waals surface area (Å²) in [6.07, 6.45) is 3.50. The third kappa shape index (κ3) is 5.91. The fourth-order valence-corrected chi connectivity index (χ4v) is 2.37. The topological polar surface area (TPSA) is 35.6 Å². The normalized spacial score (nSPS) is 20.9. The van der Waals surface area contributed by atoms with Gasteiger partial charge in [0.1, 0.15) is 0 Å². The number of amides is 1. The molecule has 0 radical (unpaired) electrons. The minimum atomic E-state index is 0.204. The van der Waals surface area contributed by atoms with Gasteiger partial charge in [0.05, 0.1) is 6.54 Å². The van der Waals surface area contributed by atoms with E-state index in [-0.39, 0.29) is 11.4 Å². The Labute approximate surface area is 118 Å². The highest BCUT2D eigenvalue weighted by Gasteiger charge is 2.25. The lowest BCUT2D eigenvalue weighted by atomic mass is 9.95. The van der Waals surface area contributed by atoms with E-state index >= 15 is 0 Å². The molecule has 0 aromatic carbocycles. The summed E-state index contributed by atoms with van der Waals surface area (Å²) in [7, 11) is 3.90. The molecule has 0 bridgehead atoms. The molecule has 1 N–H and O–H groups in total. The lowest BCUT2D eigenvalue weighted by molar-refractivity contribution is -0.133. The van der Waals surface area contributed by atoms with Crippen molar-refractivity contribution in [2.24, 2.45) is 5.92 Å². The Morgan fingerprint density at radius 3 is 2.68 bits per heavy atom. The first-order valence-corrected chi connectivity index (χ1v) is 7.51. The fraction of sp³-hybridized carbons (Fsp3) is 0.933. The number of hydrogen-bond acceptors (Lipinski definition) is 3. The number of likely N-dealkylation sites (tertiary alicyclic amines) is 1. The Balaban J connectivity index is 2.40. The van der Waals surface area contributed by atoms with Crippen LogP contribution in [0.25, 0.3) is 0 Å². The zero-order valence-corrected chi connectivity index (χ0v) is 13.3. The van der Waals surface area contributed by atoms with Gasteiger partial charge in [-0.15, -0.1) is 0 Å². The van der Waals surface area contributed by atoms with Crippen LogP contribution in [0.15, 0.2) is 0 Å². The van der Waals surface area contributed by atoms with Gasteiger partial charge < -0.3 is 15.1 Å². The molecular formula is C15H31N3O. The van der Waals surface area contributed by atoms with Crippen molar-refractivity contribution < 1.29 is 4.79 Å². The molecule has 1 amide bonds. The van der Waals surface area contributed by atoms with Gasteiger partial charge in [-0.1, -0.05) is 6.92 Å². The Hall–Kier alpha value is -0.610. The minimum Gasteiger partial charge on any atom is -0.341 e. The van der Waals surface area contributed by atoms with Gasteiger partial charge in [-0.25, -0.2) is 0 Å². The molecule has 0 saturated carbocycles. The van der Waals surface area contributed by atoms with Crippen molar-refractivity contribution in [3.8, 4) is 0 Å². The van der Waals surface area contributed by atoms with Crippen molar-refractivity contribution in [3.63, 3.8) is 0 Å². The van der Waals surface area contributed by atoms with Crippen LogP contribution in [0.3, 0.4) is 0 Å². The molecule has 1 heterocycles. The van der Waals surface area contributed by atoms with Gasteiger partial charge in [-0.2, -0.15) is 0 Å². The van der Waals surface area contributed by atoms with Crippen LogP contribution in [0, 0.1) is 5.92 Å². The molecular weight excluding hydrogens is 238 g/mol. The van der Waals surface area contributed by atoms with Crippen molar-refractivity contribution in [2.75, 3.05) is 40.3 Å². The molecule has 19 heavy (non-hydrogen) atoms. The largest absolute Gasteiger partial charge is 0.341 e. The lowest BCUT2D eigenvalue weighted by Gasteiger charge is -2.35. The van der Waals surface area contributed by atoms with Gasteiger partial charge in [0.25, 0.3) is 0 Å². The number of carbonyl (C=O) groups is 1. The first-order chi connectivity index (χ1) is 8.84. The number of carbonyl (C=O) groups excluding carboxylic acids is 1. The maximum Gasteiger partial charge on any atom is 0.236 e. The third-order valence-electron chi connectivity index (χ3n) is 4.08. The van der Waals surface area contributed by atoms with Crippen LogP contribution in [0.5, 0.6) is 0 Å². The predicted molar refractivity (Wildman–Crippen MR) is 80.2 cm³/mol. The summed E-state index contributed by atoms with van der Waals surface area (Å²) in [4.78, 5) is 16.1. The molecule has 4 heteroatoms. The first kappa shape index (κ1) is 16.4. The molecule has 4 nitrogen and oxygen atoms in total. The van der Waals surface area contributed by atoms with E-state index in [0.29, 0.717) is 12.5 Å². The molecule has 1 saturated heterocycles. The summed E-state index contributed by atoms with van der Waals surface area (Å²) in [5, 5.41) is 3.63. The number of nitrogens with zero attached hydrogens (tertiary/aromatic N) is 2. The van der Waals surface area contributed by atoms with Crippen molar-refractivity contribution in [1.29, 1.82) is 0 Å². The van der Waals surface area contributed by atoms with E-state index in [1.165, 1.54) is 6.42 Å². The maximum atomic E-state index is 12.1. The molecule has 0 spiro atoms. The molecule has 0 aromatic rings. The van der Waals surface area contributed by atoms with Crippen LogP contribution >= 0.6 is 0 Å². The van der Waals surface area contributed by atoms with Gasteiger partial charge in [-0.05, 0) is 53.1 Å². The van der Waals surface area contributed by atoms with E-state index in [0.717, 1.165) is 32.5 Å². The Kier molecular flexibility index (Phi) is 6.27. The monoisotopic (exact) mass is 269 g/mol. The Bertz CT molecular complexity index is 289. The highest BCUT2D eigenvalue weighted by atomic mass is 16.2. The number of nitrogens with one attached hydrogen (secondary N) is 1. The molecule has 1 unspecified atom stereocenters. The van der Waals surface area contributed by atoms with Gasteiger partial charge in [0.2, 0.25) is 5.91 Å². The molecule has 0 aromatic heterocycles. The average molecular weight is 269 g/mol. The molecule has 1 fully saturated rings. The van der Waals surface area contributed by atoms with Crippen LogP contribution in [0.4, 0.5) is 0 Å². The molecule has 1 aliphatic rings. The van der Waals surface area contributed by atoms with E-state index < -0.39 is 0 Å². The molecule has 1 rings (SSSR count). The molecule has 1 atom stereocenters. The van der Waals surface area contributed by atoms with E-state index in [9.17, 15) is 4.79 Å². The quantitative estimate of drug-likeness (QED) is 0.795. The molecule has 1 aliphatic heterocycles. The summed E-state index contributed by atoms with van der Waals surface area (Å²) < 4.78 is 0. The lowest BCUT2D eigenvalue weighted by Crippen LogP contribution is -2.48. The van der Waals surface area contributed by atoms with Gasteiger partial charge >= 0.3 is 0 Å². The first-order valence-electron chi connectivity index (χ1n) is 7.51. The smallest absolute Gasteiger partial charge is 0.236 e. The standard InChI is InChI=1S/C15H31N3O/c1-6-15(2,3)16-10-13-8-7-9-18(11-13)14(19)12-17(4)5/h13,16H,6-12H2,1-5H3. The Morgan fingerprint density at radius 2 is 2.11 bits per heavy atom. The van der Waals surface area contributed by atoms with Gasteiger partial charge in [-0.3, -0.25) is 4.79 Å². The molecule has 112 valence electrons. The van der Waals surface area contributed by atoms with E-state index in [4.69, 9.17) is 0 Å². The van der Waals surface area contributed by atoms with Crippen LogP contribution < -0.4 is 5.32 Å². The van der Waals surface area contributed by atoms with Crippen molar-refractivity contribution in [1.82, 2.24) is 15.1 Å². The Morgan fingerprint density at radius 1 is 1.42 bits per heavy atom. The van der Waals surface area contributed by atoms with Gasteiger partial charge in [0, 0.05) is 25.2 Å². The zero-order chi connectivity index (χ0) is 14.5. The van der Waals surface area contributed by atoms with Crippen LogP contribution in [-0.2, 0) is 4.79 Å². The SMILES string of the molecule is CCC(C)(C)NCC1CCCN(C(=O)CN(C)C)C1. The summed E-state index contributed by atoms with van der Waals surface area (Å²) >= 11 is 0. The minimum absolute atomic E-state index is 0.204. The van der Waals surface area contributed by atoms with E-state index in [1.54, 1.807) is 0 Å². The second-order valence-corrected chi connectivity index (χ2v) is 6.70. The predicted octanol–water partition coefficient (Wildman–Crippen LogP) is 1.56. The second-order valence-electron chi connectivity index (χ2n) is 6.70. The average Bonchev–Trinajstić information content (AvgIpc) is 2.36. The number of rotatable bonds is 6. The van der Waals surface area contributed by atoms with Crippen LogP contribution in [-0.4, -0.2) is 61.5 Å². The fourth-order valence-electron chi connectivity index (χ4n) is 2.37. The van der Waals surface area contributed by atoms with Crippen molar-refractivity contribution >= 4 is 5.91 Å². The second kappa shape index (κ2) is 7.25. The number of likely N-dealkylation sites (N-methyl/N-ethyl adjacent to an activating group) is 1. The summed E-state index contributed by atoms with van der Waals surface area (Å²) in [6.45, 7) is 10.1. The third-order valence-corrected chi connectivity index (χ3v) is 4.08.